The molecule has 5 rings (SSSR count). The topological polar surface area (TPSA) is 59.7 Å². The van der Waals surface area contributed by atoms with Crippen molar-refractivity contribution < 1.29 is 4.74 Å². The van der Waals surface area contributed by atoms with E-state index in [0.29, 0.717) is 12.0 Å². The minimum Gasteiger partial charge on any atom is -0.488 e. The highest BCUT2D eigenvalue weighted by Crippen LogP contribution is 2.32. The molecule has 6 nitrogen and oxygen atoms in total. The van der Waals surface area contributed by atoms with E-state index in [2.05, 4.69) is 31.2 Å². The van der Waals surface area contributed by atoms with Crippen molar-refractivity contribution in [3.8, 4) is 5.75 Å². The van der Waals surface area contributed by atoms with Crippen LogP contribution in [0.4, 0.5) is 5.69 Å². The molecule has 1 aliphatic rings. The van der Waals surface area contributed by atoms with E-state index < -0.39 is 0 Å². The second-order valence-corrected chi connectivity index (χ2v) is 10.1. The summed E-state index contributed by atoms with van der Waals surface area (Å²) in [5.41, 5.74) is 4.76. The van der Waals surface area contributed by atoms with Gasteiger partial charge in [-0.25, -0.2) is 4.98 Å². The smallest absolute Gasteiger partial charge is 0.282 e. The van der Waals surface area contributed by atoms with Crippen molar-refractivity contribution in [1.29, 1.82) is 0 Å². The highest BCUT2D eigenvalue weighted by molar-refractivity contribution is 5.85. The van der Waals surface area contributed by atoms with Crippen LogP contribution in [0.1, 0.15) is 60.5 Å². The fourth-order valence-corrected chi connectivity index (χ4v) is 4.88. The second kappa shape index (κ2) is 11.0. The summed E-state index contributed by atoms with van der Waals surface area (Å²) in [7, 11) is 4.01. The van der Waals surface area contributed by atoms with E-state index >= 15 is 0 Å². The van der Waals surface area contributed by atoms with Crippen LogP contribution in [0.2, 0.25) is 0 Å². The molecular formula is C31H34N4O2. The summed E-state index contributed by atoms with van der Waals surface area (Å²) in [6.45, 7) is 2.52. The van der Waals surface area contributed by atoms with Crippen LogP contribution in [0.5, 0.6) is 5.75 Å². The Morgan fingerprint density at radius 2 is 1.78 bits per heavy atom. The molecule has 0 radical (unpaired) electrons. The van der Waals surface area contributed by atoms with Crippen molar-refractivity contribution in [2.24, 2.45) is 5.10 Å². The van der Waals surface area contributed by atoms with E-state index in [1.807, 2.05) is 61.5 Å². The van der Waals surface area contributed by atoms with Gasteiger partial charge in [0.15, 0.2) is 0 Å². The SMILES string of the molecule is Cc1ccc(COc2cc(N(C)C)ccc2C=Nn2c(C3CCCCC3)nc3ccccc3c2=O)cc1. The molecule has 6 heteroatoms. The van der Waals surface area contributed by atoms with Gasteiger partial charge in [0.1, 0.15) is 18.2 Å². The summed E-state index contributed by atoms with van der Waals surface area (Å²) >= 11 is 0. The Labute approximate surface area is 218 Å². The first kappa shape index (κ1) is 24.8. The molecule has 1 heterocycles. The molecule has 1 aromatic heterocycles. The van der Waals surface area contributed by atoms with Crippen molar-refractivity contribution in [2.45, 2.75) is 51.6 Å². The molecule has 0 saturated heterocycles. The lowest BCUT2D eigenvalue weighted by molar-refractivity contribution is 0.306. The van der Waals surface area contributed by atoms with Crippen LogP contribution >= 0.6 is 0 Å². The van der Waals surface area contributed by atoms with Gasteiger partial charge in [0.2, 0.25) is 0 Å². The van der Waals surface area contributed by atoms with Gasteiger partial charge in [-0.3, -0.25) is 4.79 Å². The van der Waals surface area contributed by atoms with Gasteiger partial charge in [0.05, 0.1) is 17.1 Å². The van der Waals surface area contributed by atoms with E-state index in [1.165, 1.54) is 16.7 Å². The lowest BCUT2D eigenvalue weighted by Crippen LogP contribution is -2.25. The molecule has 3 aromatic carbocycles. The highest BCUT2D eigenvalue weighted by Gasteiger charge is 2.22. The number of rotatable bonds is 7. The van der Waals surface area contributed by atoms with Crippen LogP contribution in [0, 0.1) is 6.92 Å². The summed E-state index contributed by atoms with van der Waals surface area (Å²) in [5, 5.41) is 5.31. The number of para-hydroxylation sites is 1. The molecule has 1 aliphatic carbocycles. The van der Waals surface area contributed by atoms with Gasteiger partial charge in [0, 0.05) is 37.3 Å². The van der Waals surface area contributed by atoms with Crippen LogP contribution in [0.25, 0.3) is 10.9 Å². The van der Waals surface area contributed by atoms with E-state index in [0.717, 1.165) is 59.6 Å². The van der Waals surface area contributed by atoms with Crippen LogP contribution < -0.4 is 15.2 Å². The zero-order chi connectivity index (χ0) is 25.8. The normalized spacial score (nSPS) is 14.4. The fraction of sp³-hybridized carbons (Fsp3) is 0.323. The van der Waals surface area contributed by atoms with Crippen LogP contribution in [-0.2, 0) is 6.61 Å². The molecule has 0 atom stereocenters. The quantitative estimate of drug-likeness (QED) is 0.284. The molecule has 37 heavy (non-hydrogen) atoms. The second-order valence-electron chi connectivity index (χ2n) is 10.1. The van der Waals surface area contributed by atoms with Gasteiger partial charge in [0.25, 0.3) is 5.56 Å². The van der Waals surface area contributed by atoms with Gasteiger partial charge < -0.3 is 9.64 Å². The minimum atomic E-state index is -0.130. The predicted molar refractivity (Wildman–Crippen MR) is 151 cm³/mol. The Balaban J connectivity index is 1.53. The third-order valence-corrected chi connectivity index (χ3v) is 7.09. The van der Waals surface area contributed by atoms with Crippen molar-refractivity contribution in [2.75, 3.05) is 19.0 Å². The first-order valence-electron chi connectivity index (χ1n) is 13.1. The molecule has 0 unspecified atom stereocenters. The molecule has 190 valence electrons. The zero-order valence-electron chi connectivity index (χ0n) is 21.9. The number of fused-ring (bicyclic) bond motifs is 1. The van der Waals surface area contributed by atoms with Crippen molar-refractivity contribution in [1.82, 2.24) is 9.66 Å². The summed E-state index contributed by atoms with van der Waals surface area (Å²) in [6, 6.07) is 21.9. The van der Waals surface area contributed by atoms with Crippen molar-refractivity contribution in [3.63, 3.8) is 0 Å². The monoisotopic (exact) mass is 494 g/mol. The fourth-order valence-electron chi connectivity index (χ4n) is 4.88. The number of benzene rings is 3. The third-order valence-electron chi connectivity index (χ3n) is 7.09. The van der Waals surface area contributed by atoms with E-state index in [4.69, 9.17) is 14.8 Å². The largest absolute Gasteiger partial charge is 0.488 e. The van der Waals surface area contributed by atoms with Crippen LogP contribution in [-0.4, -0.2) is 30.0 Å². The summed E-state index contributed by atoms with van der Waals surface area (Å²) < 4.78 is 7.78. The Morgan fingerprint density at radius 3 is 2.54 bits per heavy atom. The maximum atomic E-state index is 13.6. The average molecular weight is 495 g/mol. The summed E-state index contributed by atoms with van der Waals surface area (Å²) in [5.74, 6) is 1.71. The number of aryl methyl sites for hydroxylation is 1. The Kier molecular flexibility index (Phi) is 7.35. The van der Waals surface area contributed by atoms with E-state index in [-0.39, 0.29) is 11.5 Å². The maximum Gasteiger partial charge on any atom is 0.282 e. The number of aromatic nitrogens is 2. The van der Waals surface area contributed by atoms with Crippen LogP contribution in [0.15, 0.2) is 76.6 Å². The average Bonchev–Trinajstić information content (AvgIpc) is 2.93. The summed E-state index contributed by atoms with van der Waals surface area (Å²) in [6.07, 6.45) is 7.33. The van der Waals surface area contributed by atoms with Crippen molar-refractivity contribution in [3.05, 3.63) is 99.6 Å². The number of hydrogen-bond acceptors (Lipinski definition) is 5. The Hall–Kier alpha value is -3.93. The lowest BCUT2D eigenvalue weighted by atomic mass is 9.88. The molecular weight excluding hydrogens is 460 g/mol. The van der Waals surface area contributed by atoms with Crippen molar-refractivity contribution >= 4 is 22.8 Å². The molecule has 0 amide bonds. The minimum absolute atomic E-state index is 0.130. The first-order valence-corrected chi connectivity index (χ1v) is 13.1. The number of anilines is 1. The molecule has 0 spiro atoms. The van der Waals surface area contributed by atoms with E-state index in [9.17, 15) is 4.79 Å². The molecule has 0 N–H and O–H groups in total. The Morgan fingerprint density at radius 1 is 1.03 bits per heavy atom. The molecule has 0 bridgehead atoms. The molecule has 1 saturated carbocycles. The Bertz CT molecular complexity index is 1470. The summed E-state index contributed by atoms with van der Waals surface area (Å²) in [4.78, 5) is 20.5. The third kappa shape index (κ3) is 5.58. The van der Waals surface area contributed by atoms with E-state index in [1.54, 1.807) is 6.21 Å². The van der Waals surface area contributed by atoms with Crippen LogP contribution in [0.3, 0.4) is 0 Å². The standard InChI is InChI=1S/C31H34N4O2/c1-22-13-15-23(16-14-22)21-37-29-19-26(34(2)3)18-17-25(29)20-32-35-30(24-9-5-4-6-10-24)33-28-12-8-7-11-27(28)31(35)36/h7-8,11-20,24H,4-6,9-10,21H2,1-3H3. The maximum absolute atomic E-state index is 13.6. The molecule has 1 fully saturated rings. The molecule has 0 aliphatic heterocycles. The van der Waals surface area contributed by atoms with Gasteiger partial charge >= 0.3 is 0 Å². The lowest BCUT2D eigenvalue weighted by Gasteiger charge is -2.22. The molecule has 4 aromatic rings. The predicted octanol–water partition coefficient (Wildman–Crippen LogP) is 6.28. The number of ether oxygens (including phenoxy) is 1. The zero-order valence-corrected chi connectivity index (χ0v) is 21.9. The highest BCUT2D eigenvalue weighted by atomic mass is 16.5. The van der Waals surface area contributed by atoms with Gasteiger partial charge in [-0.15, -0.1) is 0 Å². The van der Waals surface area contributed by atoms with Gasteiger partial charge in [-0.1, -0.05) is 61.2 Å². The number of nitrogens with zero attached hydrogens (tertiary/aromatic N) is 4. The first-order chi connectivity index (χ1) is 18.0. The van der Waals surface area contributed by atoms with Gasteiger partial charge in [-0.2, -0.15) is 9.78 Å². The van der Waals surface area contributed by atoms with Gasteiger partial charge in [-0.05, 0) is 49.6 Å². The number of hydrogen-bond donors (Lipinski definition) is 0.